The quantitative estimate of drug-likeness (QED) is 0.590. The van der Waals surface area contributed by atoms with Crippen LogP contribution >= 0.6 is 22.6 Å². The summed E-state index contributed by atoms with van der Waals surface area (Å²) in [6.07, 6.45) is 1.53. The molecule has 3 aromatic rings. The van der Waals surface area contributed by atoms with Crippen molar-refractivity contribution >= 4 is 28.5 Å². The van der Waals surface area contributed by atoms with E-state index < -0.39 is 5.54 Å². The minimum Gasteiger partial charge on any atom is -0.463 e. The van der Waals surface area contributed by atoms with Crippen molar-refractivity contribution in [3.05, 3.63) is 74.3 Å². The third-order valence-corrected chi connectivity index (χ3v) is 4.74. The number of halogens is 1. The van der Waals surface area contributed by atoms with Gasteiger partial charge in [0.15, 0.2) is 5.76 Å². The molecule has 26 heavy (non-hydrogen) atoms. The molecule has 6 nitrogen and oxygen atoms in total. The molecule has 0 bridgehead atoms. The van der Waals surface area contributed by atoms with Crippen LogP contribution in [0.2, 0.25) is 0 Å². The zero-order chi connectivity index (χ0) is 18.7. The molecule has 134 valence electrons. The summed E-state index contributed by atoms with van der Waals surface area (Å²) in [5.41, 5.74) is -0.0230. The van der Waals surface area contributed by atoms with Crippen LogP contribution in [0.15, 0.2) is 64.0 Å². The van der Waals surface area contributed by atoms with Gasteiger partial charge in [0.05, 0.1) is 6.26 Å². The van der Waals surface area contributed by atoms with Crippen molar-refractivity contribution in [1.29, 1.82) is 0 Å². The number of amides is 1. The fourth-order valence-electron chi connectivity index (χ4n) is 2.46. The molecule has 2 heterocycles. The van der Waals surface area contributed by atoms with E-state index in [1.165, 1.54) is 17.0 Å². The molecular weight excluding hydrogens is 445 g/mol. The number of carbonyl (C=O) groups is 1. The summed E-state index contributed by atoms with van der Waals surface area (Å²) >= 11 is 2.23. The highest BCUT2D eigenvalue weighted by Crippen LogP contribution is 2.18. The molecule has 0 fully saturated rings. The third-order valence-electron chi connectivity index (χ3n) is 4.03. The molecule has 3 rings (SSSR count). The summed E-state index contributed by atoms with van der Waals surface area (Å²) in [5, 5.41) is 7.20. The summed E-state index contributed by atoms with van der Waals surface area (Å²) in [4.78, 5) is 25.0. The number of hydrogen-bond acceptors (Lipinski definition) is 4. The van der Waals surface area contributed by atoms with Gasteiger partial charge in [-0.2, -0.15) is 5.10 Å². The topological polar surface area (TPSA) is 77.1 Å². The number of furan rings is 1. The summed E-state index contributed by atoms with van der Waals surface area (Å²) in [6.45, 7) is 3.71. The van der Waals surface area contributed by atoms with Gasteiger partial charge in [0, 0.05) is 16.2 Å². The summed E-state index contributed by atoms with van der Waals surface area (Å²) < 4.78 is 7.64. The molecule has 1 N–H and O–H groups in total. The molecule has 0 spiro atoms. The van der Waals surface area contributed by atoms with Crippen LogP contribution in [0.25, 0.3) is 11.5 Å². The van der Waals surface area contributed by atoms with Gasteiger partial charge < -0.3 is 9.73 Å². The van der Waals surface area contributed by atoms with Crippen molar-refractivity contribution < 1.29 is 9.21 Å². The predicted molar refractivity (Wildman–Crippen MR) is 107 cm³/mol. The fraction of sp³-hybridized carbons (Fsp3) is 0.211. The van der Waals surface area contributed by atoms with Crippen LogP contribution in [0, 0.1) is 3.57 Å². The molecule has 1 amide bonds. The second-order valence-corrected chi connectivity index (χ2v) is 7.56. The molecule has 0 aliphatic heterocycles. The van der Waals surface area contributed by atoms with Crippen LogP contribution in [0.1, 0.15) is 19.4 Å². The highest BCUT2D eigenvalue weighted by molar-refractivity contribution is 14.1. The second-order valence-electron chi connectivity index (χ2n) is 6.31. The Balaban J connectivity index is 1.82. The van der Waals surface area contributed by atoms with E-state index in [9.17, 15) is 9.59 Å². The maximum Gasteiger partial charge on any atom is 0.267 e. The van der Waals surface area contributed by atoms with Gasteiger partial charge in [-0.25, -0.2) is 4.68 Å². The van der Waals surface area contributed by atoms with E-state index >= 15 is 0 Å². The van der Waals surface area contributed by atoms with Gasteiger partial charge in [0.25, 0.3) is 5.56 Å². The van der Waals surface area contributed by atoms with E-state index in [1.807, 2.05) is 24.3 Å². The maximum absolute atomic E-state index is 12.7. The molecule has 7 heteroatoms. The lowest BCUT2D eigenvalue weighted by atomic mass is 10.0. The number of nitrogens with one attached hydrogen (secondary N) is 1. The SMILES string of the molecule is CC(C)(C(=O)NCc1ccc(I)cc1)n1nc(-c2ccco2)ccc1=O. The van der Waals surface area contributed by atoms with Gasteiger partial charge in [-0.05, 0) is 72.3 Å². The van der Waals surface area contributed by atoms with Crippen LogP contribution in [-0.2, 0) is 16.9 Å². The van der Waals surface area contributed by atoms with Gasteiger partial charge in [-0.15, -0.1) is 0 Å². The predicted octanol–water partition coefficient (Wildman–Crippen LogP) is 3.16. The standard InChI is InChI=1S/C19H18IN3O3/c1-19(2,18(25)21-12-13-5-7-14(20)8-6-13)23-17(24)10-9-15(22-23)16-4-3-11-26-16/h3-11H,12H2,1-2H3,(H,21,25). The van der Waals surface area contributed by atoms with Crippen LogP contribution < -0.4 is 10.9 Å². The smallest absolute Gasteiger partial charge is 0.267 e. The van der Waals surface area contributed by atoms with Gasteiger partial charge in [0.1, 0.15) is 11.2 Å². The Labute approximate surface area is 164 Å². The van der Waals surface area contributed by atoms with Gasteiger partial charge in [0.2, 0.25) is 5.91 Å². The van der Waals surface area contributed by atoms with Gasteiger partial charge >= 0.3 is 0 Å². The normalized spacial score (nSPS) is 11.3. The zero-order valence-electron chi connectivity index (χ0n) is 14.4. The minimum atomic E-state index is -1.15. The Morgan fingerprint density at radius 3 is 2.58 bits per heavy atom. The zero-order valence-corrected chi connectivity index (χ0v) is 16.6. The first-order chi connectivity index (χ1) is 12.4. The molecular formula is C19H18IN3O3. The summed E-state index contributed by atoms with van der Waals surface area (Å²) in [6, 6.07) is 14.3. The molecule has 0 aliphatic carbocycles. The van der Waals surface area contributed by atoms with E-state index in [0.29, 0.717) is 18.0 Å². The number of rotatable bonds is 5. The number of hydrogen-bond donors (Lipinski definition) is 1. The monoisotopic (exact) mass is 463 g/mol. The molecule has 0 atom stereocenters. The summed E-state index contributed by atoms with van der Waals surface area (Å²) in [5.74, 6) is 0.246. The van der Waals surface area contributed by atoms with Crippen molar-refractivity contribution in [2.75, 3.05) is 0 Å². The Kier molecular flexibility index (Phi) is 5.26. The molecule has 1 aromatic carbocycles. The van der Waals surface area contributed by atoms with Crippen molar-refractivity contribution in [1.82, 2.24) is 15.1 Å². The average Bonchev–Trinajstić information content (AvgIpc) is 3.16. The van der Waals surface area contributed by atoms with Crippen molar-refractivity contribution in [2.24, 2.45) is 0 Å². The van der Waals surface area contributed by atoms with E-state index in [2.05, 4.69) is 33.0 Å². The van der Waals surface area contributed by atoms with E-state index in [4.69, 9.17) is 4.42 Å². The maximum atomic E-state index is 12.7. The van der Waals surface area contributed by atoms with Crippen LogP contribution in [0.5, 0.6) is 0 Å². The lowest BCUT2D eigenvalue weighted by Crippen LogP contribution is -2.49. The van der Waals surface area contributed by atoms with Crippen LogP contribution in [0.4, 0.5) is 0 Å². The molecule has 0 saturated heterocycles. The summed E-state index contributed by atoms with van der Waals surface area (Å²) in [7, 11) is 0. The minimum absolute atomic E-state index is 0.290. The van der Waals surface area contributed by atoms with E-state index in [0.717, 1.165) is 9.13 Å². The number of carbonyl (C=O) groups excluding carboxylic acids is 1. The third kappa shape index (κ3) is 3.87. The molecule has 0 radical (unpaired) electrons. The highest BCUT2D eigenvalue weighted by atomic mass is 127. The molecule has 0 unspecified atom stereocenters. The number of nitrogens with zero attached hydrogens (tertiary/aromatic N) is 2. The van der Waals surface area contributed by atoms with E-state index in [1.54, 1.807) is 32.0 Å². The Morgan fingerprint density at radius 1 is 1.19 bits per heavy atom. The molecule has 0 saturated carbocycles. The lowest BCUT2D eigenvalue weighted by molar-refractivity contribution is -0.129. The van der Waals surface area contributed by atoms with Gasteiger partial charge in [-0.1, -0.05) is 12.1 Å². The van der Waals surface area contributed by atoms with Gasteiger partial charge in [-0.3, -0.25) is 9.59 Å². The second kappa shape index (κ2) is 7.45. The van der Waals surface area contributed by atoms with Crippen molar-refractivity contribution in [3.8, 4) is 11.5 Å². The largest absolute Gasteiger partial charge is 0.463 e. The van der Waals surface area contributed by atoms with E-state index in [-0.39, 0.29) is 11.5 Å². The van der Waals surface area contributed by atoms with Crippen LogP contribution in [0.3, 0.4) is 0 Å². The fourth-order valence-corrected chi connectivity index (χ4v) is 2.82. The molecule has 2 aromatic heterocycles. The number of benzene rings is 1. The Hall–Kier alpha value is -2.42. The molecule has 0 aliphatic rings. The van der Waals surface area contributed by atoms with Crippen molar-refractivity contribution in [2.45, 2.75) is 25.9 Å². The Morgan fingerprint density at radius 2 is 1.92 bits per heavy atom. The average molecular weight is 463 g/mol. The Bertz CT molecular complexity index is 960. The van der Waals surface area contributed by atoms with Crippen LogP contribution in [-0.4, -0.2) is 15.7 Å². The lowest BCUT2D eigenvalue weighted by Gasteiger charge is -2.25. The first-order valence-electron chi connectivity index (χ1n) is 8.05. The first kappa shape index (κ1) is 18.4. The highest BCUT2D eigenvalue weighted by Gasteiger charge is 2.32. The van der Waals surface area contributed by atoms with Crippen molar-refractivity contribution in [3.63, 3.8) is 0 Å². The number of aromatic nitrogens is 2. The first-order valence-corrected chi connectivity index (χ1v) is 9.13.